The van der Waals surface area contributed by atoms with Crippen molar-refractivity contribution in [3.63, 3.8) is 0 Å². The van der Waals surface area contributed by atoms with Crippen molar-refractivity contribution in [1.82, 2.24) is 10.6 Å². The smallest absolute Gasteiger partial charge is 0.233 e. The minimum atomic E-state index is -0.0554. The fourth-order valence-electron chi connectivity index (χ4n) is 2.28. The lowest BCUT2D eigenvalue weighted by molar-refractivity contribution is -0.121. The lowest BCUT2D eigenvalue weighted by Crippen LogP contribution is -2.44. The van der Waals surface area contributed by atoms with Gasteiger partial charge in [-0.05, 0) is 19.4 Å². The summed E-state index contributed by atoms with van der Waals surface area (Å²) in [6.45, 7) is 3.96. The van der Waals surface area contributed by atoms with Gasteiger partial charge in [0.2, 0.25) is 5.91 Å². The SMILES string of the molecule is CCNCC(=O)NCC1(CO)CCCCC1. The van der Waals surface area contributed by atoms with Gasteiger partial charge in [-0.1, -0.05) is 26.2 Å². The van der Waals surface area contributed by atoms with Crippen molar-refractivity contribution < 1.29 is 9.90 Å². The van der Waals surface area contributed by atoms with Gasteiger partial charge in [-0.25, -0.2) is 0 Å². The summed E-state index contributed by atoms with van der Waals surface area (Å²) in [5.41, 5.74) is -0.0554. The number of likely N-dealkylation sites (N-methyl/N-ethyl adjacent to an activating group) is 1. The largest absolute Gasteiger partial charge is 0.396 e. The molecule has 1 amide bonds. The highest BCUT2D eigenvalue weighted by atomic mass is 16.3. The summed E-state index contributed by atoms with van der Waals surface area (Å²) in [6.07, 6.45) is 5.66. The maximum Gasteiger partial charge on any atom is 0.233 e. The van der Waals surface area contributed by atoms with Crippen LogP contribution in [-0.2, 0) is 4.79 Å². The van der Waals surface area contributed by atoms with Gasteiger partial charge in [0.25, 0.3) is 0 Å². The normalized spacial score (nSPS) is 19.4. The lowest BCUT2D eigenvalue weighted by atomic mass is 9.74. The lowest BCUT2D eigenvalue weighted by Gasteiger charge is -2.35. The van der Waals surface area contributed by atoms with Gasteiger partial charge in [-0.2, -0.15) is 0 Å². The van der Waals surface area contributed by atoms with Gasteiger partial charge >= 0.3 is 0 Å². The van der Waals surface area contributed by atoms with Gasteiger partial charge < -0.3 is 15.7 Å². The van der Waals surface area contributed by atoms with E-state index in [-0.39, 0.29) is 17.9 Å². The third-order valence-corrected chi connectivity index (χ3v) is 3.45. The highest BCUT2D eigenvalue weighted by Crippen LogP contribution is 2.35. The molecule has 0 bridgehead atoms. The molecule has 1 fully saturated rings. The summed E-state index contributed by atoms with van der Waals surface area (Å²) >= 11 is 0. The molecule has 1 saturated carbocycles. The summed E-state index contributed by atoms with van der Waals surface area (Å²) in [4.78, 5) is 11.4. The Hall–Kier alpha value is -0.610. The van der Waals surface area contributed by atoms with Crippen molar-refractivity contribution in [2.75, 3.05) is 26.2 Å². The van der Waals surface area contributed by atoms with Crippen molar-refractivity contribution >= 4 is 5.91 Å². The molecule has 4 heteroatoms. The van der Waals surface area contributed by atoms with Gasteiger partial charge in [0.15, 0.2) is 0 Å². The molecule has 0 atom stereocenters. The van der Waals surface area contributed by atoms with Crippen LogP contribution in [0, 0.1) is 5.41 Å². The molecule has 16 heavy (non-hydrogen) atoms. The van der Waals surface area contributed by atoms with E-state index < -0.39 is 0 Å². The predicted molar refractivity (Wildman–Crippen MR) is 64.2 cm³/mol. The van der Waals surface area contributed by atoms with Crippen LogP contribution in [0.4, 0.5) is 0 Å². The zero-order valence-electron chi connectivity index (χ0n) is 10.2. The standard InChI is InChI=1S/C12H24N2O2/c1-2-13-8-11(16)14-9-12(10-15)6-4-3-5-7-12/h13,15H,2-10H2,1H3,(H,14,16). The number of hydrogen-bond donors (Lipinski definition) is 3. The molecule has 0 aromatic rings. The van der Waals surface area contributed by atoms with E-state index >= 15 is 0 Å². The molecule has 0 spiro atoms. The number of hydrogen-bond acceptors (Lipinski definition) is 3. The molecule has 0 aliphatic heterocycles. The van der Waals surface area contributed by atoms with Gasteiger partial charge in [-0.15, -0.1) is 0 Å². The molecule has 1 aliphatic carbocycles. The Balaban J connectivity index is 2.30. The Morgan fingerprint density at radius 2 is 2.00 bits per heavy atom. The second kappa shape index (κ2) is 6.86. The average molecular weight is 228 g/mol. The second-order valence-electron chi connectivity index (χ2n) is 4.78. The fourth-order valence-corrected chi connectivity index (χ4v) is 2.28. The van der Waals surface area contributed by atoms with E-state index in [1.54, 1.807) is 0 Å². The molecule has 0 radical (unpaired) electrons. The highest BCUT2D eigenvalue weighted by molar-refractivity contribution is 5.78. The predicted octanol–water partition coefficient (Wildman–Crippen LogP) is 0.655. The number of aliphatic hydroxyl groups excluding tert-OH is 1. The van der Waals surface area contributed by atoms with E-state index in [0.29, 0.717) is 13.1 Å². The first-order valence-electron chi connectivity index (χ1n) is 6.31. The molecule has 0 unspecified atom stereocenters. The molecule has 0 aromatic heterocycles. The van der Waals surface area contributed by atoms with Crippen LogP contribution in [0.3, 0.4) is 0 Å². The van der Waals surface area contributed by atoms with Crippen LogP contribution in [0.15, 0.2) is 0 Å². The van der Waals surface area contributed by atoms with E-state index in [4.69, 9.17) is 0 Å². The molecule has 0 heterocycles. The minimum Gasteiger partial charge on any atom is -0.396 e. The van der Waals surface area contributed by atoms with Crippen molar-refractivity contribution in [3.8, 4) is 0 Å². The first-order chi connectivity index (χ1) is 7.72. The maximum absolute atomic E-state index is 11.4. The molecule has 0 aromatic carbocycles. The van der Waals surface area contributed by atoms with Crippen LogP contribution < -0.4 is 10.6 Å². The topological polar surface area (TPSA) is 61.4 Å². The quantitative estimate of drug-likeness (QED) is 0.626. The Morgan fingerprint density at radius 1 is 1.31 bits per heavy atom. The number of amides is 1. The molecule has 1 aliphatic rings. The Kier molecular flexibility index (Phi) is 5.77. The summed E-state index contributed by atoms with van der Waals surface area (Å²) in [5.74, 6) is 0.0280. The van der Waals surface area contributed by atoms with Crippen LogP contribution in [0.5, 0.6) is 0 Å². The third kappa shape index (κ3) is 4.10. The first-order valence-corrected chi connectivity index (χ1v) is 6.31. The molecular weight excluding hydrogens is 204 g/mol. The summed E-state index contributed by atoms with van der Waals surface area (Å²) in [5, 5.41) is 15.4. The number of carbonyl (C=O) groups is 1. The van der Waals surface area contributed by atoms with Crippen molar-refractivity contribution in [2.45, 2.75) is 39.0 Å². The van der Waals surface area contributed by atoms with Crippen molar-refractivity contribution in [1.29, 1.82) is 0 Å². The molecule has 3 N–H and O–H groups in total. The fraction of sp³-hybridized carbons (Fsp3) is 0.917. The van der Waals surface area contributed by atoms with Gasteiger partial charge in [0.1, 0.15) is 0 Å². The van der Waals surface area contributed by atoms with Crippen LogP contribution in [0.2, 0.25) is 0 Å². The third-order valence-electron chi connectivity index (χ3n) is 3.45. The maximum atomic E-state index is 11.4. The first kappa shape index (κ1) is 13.5. The van der Waals surface area contributed by atoms with Gasteiger partial charge in [-0.3, -0.25) is 4.79 Å². The summed E-state index contributed by atoms with van der Waals surface area (Å²) in [6, 6.07) is 0. The highest BCUT2D eigenvalue weighted by Gasteiger charge is 2.31. The number of rotatable bonds is 6. The number of nitrogens with one attached hydrogen (secondary N) is 2. The van der Waals surface area contributed by atoms with Gasteiger partial charge in [0.05, 0.1) is 13.2 Å². The van der Waals surface area contributed by atoms with E-state index in [1.165, 1.54) is 19.3 Å². The monoisotopic (exact) mass is 228 g/mol. The molecule has 94 valence electrons. The van der Waals surface area contributed by atoms with Crippen LogP contribution in [0.1, 0.15) is 39.0 Å². The van der Waals surface area contributed by atoms with Crippen molar-refractivity contribution in [2.24, 2.45) is 5.41 Å². The van der Waals surface area contributed by atoms with Crippen LogP contribution >= 0.6 is 0 Å². The van der Waals surface area contributed by atoms with Crippen LogP contribution in [0.25, 0.3) is 0 Å². The van der Waals surface area contributed by atoms with Crippen LogP contribution in [-0.4, -0.2) is 37.3 Å². The second-order valence-corrected chi connectivity index (χ2v) is 4.78. The Morgan fingerprint density at radius 3 is 2.56 bits per heavy atom. The number of aliphatic hydroxyl groups is 1. The molecule has 1 rings (SSSR count). The number of carbonyl (C=O) groups excluding carboxylic acids is 1. The zero-order chi connectivity index (χ0) is 11.9. The van der Waals surface area contributed by atoms with Crippen molar-refractivity contribution in [3.05, 3.63) is 0 Å². The molecule has 0 saturated heterocycles. The minimum absolute atomic E-state index is 0.0280. The van der Waals surface area contributed by atoms with E-state index in [0.717, 1.165) is 19.4 Å². The summed E-state index contributed by atoms with van der Waals surface area (Å²) in [7, 11) is 0. The van der Waals surface area contributed by atoms with Gasteiger partial charge in [0, 0.05) is 12.0 Å². The Labute approximate surface area is 97.8 Å². The van der Waals surface area contributed by atoms with E-state index in [2.05, 4.69) is 10.6 Å². The average Bonchev–Trinajstić information content (AvgIpc) is 2.35. The van der Waals surface area contributed by atoms with E-state index in [9.17, 15) is 9.90 Å². The molecular formula is C12H24N2O2. The van der Waals surface area contributed by atoms with E-state index in [1.807, 2.05) is 6.92 Å². The zero-order valence-corrected chi connectivity index (χ0v) is 10.2. The molecule has 4 nitrogen and oxygen atoms in total. The Bertz CT molecular complexity index is 213. The summed E-state index contributed by atoms with van der Waals surface area (Å²) < 4.78 is 0.